The fourth-order valence-corrected chi connectivity index (χ4v) is 3.02. The second-order valence-corrected chi connectivity index (χ2v) is 6.57. The zero-order valence-corrected chi connectivity index (χ0v) is 11.9. The highest BCUT2D eigenvalue weighted by atomic mass is 32.2. The van der Waals surface area contributed by atoms with Gasteiger partial charge in [0, 0.05) is 59.9 Å². The van der Waals surface area contributed by atoms with Gasteiger partial charge in [0.25, 0.3) is 0 Å². The molecule has 100 valence electrons. The Morgan fingerprint density at radius 3 is 2.83 bits per heavy atom. The van der Waals surface area contributed by atoms with E-state index in [2.05, 4.69) is 35.1 Å². The van der Waals surface area contributed by atoms with Crippen molar-refractivity contribution in [2.75, 3.05) is 29.5 Å². The maximum absolute atomic E-state index is 11.3. The van der Waals surface area contributed by atoms with Gasteiger partial charge in [0.2, 0.25) is 0 Å². The van der Waals surface area contributed by atoms with E-state index < -0.39 is 10.8 Å². The molecule has 2 heterocycles. The number of pyridine rings is 1. The summed E-state index contributed by atoms with van der Waals surface area (Å²) in [5.74, 6) is 1.56. The molecule has 1 saturated heterocycles. The molecule has 0 spiro atoms. The van der Waals surface area contributed by atoms with Gasteiger partial charge < -0.3 is 10.2 Å². The molecule has 2 rings (SSSR count). The summed E-state index contributed by atoms with van der Waals surface area (Å²) >= 11 is 0. The number of hydrogen-bond donors (Lipinski definition) is 1. The van der Waals surface area contributed by atoms with E-state index in [9.17, 15) is 4.21 Å². The van der Waals surface area contributed by atoms with Crippen molar-refractivity contribution in [1.29, 1.82) is 0 Å². The molecule has 18 heavy (non-hydrogen) atoms. The Hall–Kier alpha value is -0.940. The third kappa shape index (κ3) is 3.78. The van der Waals surface area contributed by atoms with Crippen LogP contribution >= 0.6 is 0 Å². The summed E-state index contributed by atoms with van der Waals surface area (Å²) in [4.78, 5) is 6.67. The minimum absolute atomic E-state index is 0.466. The van der Waals surface area contributed by atoms with E-state index in [4.69, 9.17) is 0 Å². The van der Waals surface area contributed by atoms with Gasteiger partial charge in [0.05, 0.1) is 5.69 Å². The van der Waals surface area contributed by atoms with Crippen LogP contribution in [-0.4, -0.2) is 39.8 Å². The molecule has 0 aliphatic carbocycles. The summed E-state index contributed by atoms with van der Waals surface area (Å²) in [6, 6.07) is 4.63. The molecular formula is C13H21N3OS. The van der Waals surface area contributed by atoms with E-state index in [1.165, 1.54) is 5.69 Å². The zero-order valence-electron chi connectivity index (χ0n) is 11.1. The largest absolute Gasteiger partial charge is 0.370 e. The molecule has 1 aliphatic rings. The number of nitrogens with zero attached hydrogens (tertiary/aromatic N) is 2. The number of hydrogen-bond acceptors (Lipinski definition) is 4. The lowest BCUT2D eigenvalue weighted by Gasteiger charge is -2.28. The van der Waals surface area contributed by atoms with Crippen molar-refractivity contribution in [3.8, 4) is 0 Å². The van der Waals surface area contributed by atoms with E-state index in [0.29, 0.717) is 6.04 Å². The highest BCUT2D eigenvalue weighted by Crippen LogP contribution is 2.16. The molecule has 0 bridgehead atoms. The Kier molecular flexibility index (Phi) is 4.72. The molecule has 0 aromatic carbocycles. The van der Waals surface area contributed by atoms with Crippen molar-refractivity contribution in [3.63, 3.8) is 0 Å². The summed E-state index contributed by atoms with van der Waals surface area (Å²) in [7, 11) is -0.619. The van der Waals surface area contributed by atoms with E-state index in [0.717, 1.165) is 36.8 Å². The topological polar surface area (TPSA) is 45.2 Å². The van der Waals surface area contributed by atoms with Crippen molar-refractivity contribution < 1.29 is 4.21 Å². The number of anilines is 1. The molecule has 0 radical (unpaired) electrons. The van der Waals surface area contributed by atoms with Gasteiger partial charge >= 0.3 is 0 Å². The minimum Gasteiger partial charge on any atom is -0.370 e. The van der Waals surface area contributed by atoms with Crippen LogP contribution in [0.3, 0.4) is 0 Å². The SMILES string of the molecule is CC(C)NCc1cc(N2CCS(=O)CC2)ccn1. The molecule has 0 saturated carbocycles. The van der Waals surface area contributed by atoms with E-state index >= 15 is 0 Å². The number of rotatable bonds is 4. The molecule has 5 heteroatoms. The molecule has 0 atom stereocenters. The first-order chi connectivity index (χ1) is 8.65. The molecule has 0 unspecified atom stereocenters. The standard InChI is InChI=1S/C13H21N3OS/c1-11(2)15-10-12-9-13(3-4-14-12)16-5-7-18(17)8-6-16/h3-4,9,11,15H,5-8,10H2,1-2H3. The maximum atomic E-state index is 11.3. The summed E-state index contributed by atoms with van der Waals surface area (Å²) < 4.78 is 11.3. The smallest absolute Gasteiger partial charge is 0.0562 e. The number of nitrogens with one attached hydrogen (secondary N) is 1. The Bertz CT molecular complexity index is 412. The van der Waals surface area contributed by atoms with Crippen LogP contribution in [0, 0.1) is 0 Å². The predicted octanol–water partition coefficient (Wildman–Crippen LogP) is 1.15. The molecular weight excluding hydrogens is 246 g/mol. The van der Waals surface area contributed by atoms with Crippen molar-refractivity contribution >= 4 is 16.5 Å². The van der Waals surface area contributed by atoms with Gasteiger partial charge in [-0.05, 0) is 12.1 Å². The van der Waals surface area contributed by atoms with Crippen LogP contribution in [0.5, 0.6) is 0 Å². The fraction of sp³-hybridized carbons (Fsp3) is 0.615. The Morgan fingerprint density at radius 2 is 2.17 bits per heavy atom. The summed E-state index contributed by atoms with van der Waals surface area (Å²) in [6.07, 6.45) is 1.86. The first-order valence-corrected chi connectivity index (χ1v) is 7.92. The van der Waals surface area contributed by atoms with Crippen molar-refractivity contribution in [3.05, 3.63) is 24.0 Å². The first kappa shape index (κ1) is 13.5. The van der Waals surface area contributed by atoms with Gasteiger partial charge in [0.1, 0.15) is 0 Å². The lowest BCUT2D eigenvalue weighted by molar-refractivity contribution is 0.581. The minimum atomic E-state index is -0.619. The normalized spacial score (nSPS) is 17.4. The van der Waals surface area contributed by atoms with E-state index in [1.54, 1.807) is 0 Å². The molecule has 0 amide bonds. The quantitative estimate of drug-likeness (QED) is 0.889. The molecule has 1 aromatic heterocycles. The fourth-order valence-electron chi connectivity index (χ4n) is 1.96. The van der Waals surface area contributed by atoms with Gasteiger partial charge in [-0.3, -0.25) is 9.19 Å². The third-order valence-electron chi connectivity index (χ3n) is 3.03. The summed E-state index contributed by atoms with van der Waals surface area (Å²) in [5, 5.41) is 3.37. The first-order valence-electron chi connectivity index (χ1n) is 6.43. The van der Waals surface area contributed by atoms with E-state index in [1.807, 2.05) is 12.3 Å². The molecule has 1 aliphatic heterocycles. The average molecular weight is 267 g/mol. The van der Waals surface area contributed by atoms with Crippen molar-refractivity contribution in [1.82, 2.24) is 10.3 Å². The predicted molar refractivity (Wildman–Crippen MR) is 76.3 cm³/mol. The van der Waals surface area contributed by atoms with Crippen LogP contribution < -0.4 is 10.2 Å². The van der Waals surface area contributed by atoms with Crippen LogP contribution in [0.2, 0.25) is 0 Å². The lowest BCUT2D eigenvalue weighted by atomic mass is 10.2. The van der Waals surface area contributed by atoms with Crippen LogP contribution in [0.4, 0.5) is 5.69 Å². The Balaban J connectivity index is 2.00. The van der Waals surface area contributed by atoms with Crippen LogP contribution in [0.1, 0.15) is 19.5 Å². The van der Waals surface area contributed by atoms with Gasteiger partial charge in [-0.2, -0.15) is 0 Å². The second kappa shape index (κ2) is 6.29. The highest BCUT2D eigenvalue weighted by molar-refractivity contribution is 7.85. The molecule has 4 nitrogen and oxygen atoms in total. The number of aromatic nitrogens is 1. The van der Waals surface area contributed by atoms with Gasteiger partial charge in [-0.25, -0.2) is 0 Å². The third-order valence-corrected chi connectivity index (χ3v) is 4.31. The highest BCUT2D eigenvalue weighted by Gasteiger charge is 2.15. The van der Waals surface area contributed by atoms with Crippen LogP contribution in [0.15, 0.2) is 18.3 Å². The second-order valence-electron chi connectivity index (χ2n) is 4.88. The summed E-state index contributed by atoms with van der Waals surface area (Å²) in [5.41, 5.74) is 2.26. The molecule has 1 fully saturated rings. The zero-order chi connectivity index (χ0) is 13.0. The van der Waals surface area contributed by atoms with Crippen molar-refractivity contribution in [2.45, 2.75) is 26.4 Å². The van der Waals surface area contributed by atoms with Gasteiger partial charge in [-0.15, -0.1) is 0 Å². The van der Waals surface area contributed by atoms with Crippen LogP contribution in [-0.2, 0) is 17.3 Å². The van der Waals surface area contributed by atoms with E-state index in [-0.39, 0.29) is 0 Å². The average Bonchev–Trinajstić information content (AvgIpc) is 2.37. The summed E-state index contributed by atoms with van der Waals surface area (Å²) in [6.45, 7) is 6.82. The monoisotopic (exact) mass is 267 g/mol. The van der Waals surface area contributed by atoms with Gasteiger partial charge in [-0.1, -0.05) is 13.8 Å². The van der Waals surface area contributed by atoms with Crippen molar-refractivity contribution in [2.24, 2.45) is 0 Å². The Labute approximate surface area is 111 Å². The lowest BCUT2D eigenvalue weighted by Crippen LogP contribution is -2.37. The van der Waals surface area contributed by atoms with Crippen LogP contribution in [0.25, 0.3) is 0 Å². The Morgan fingerprint density at radius 1 is 1.44 bits per heavy atom. The molecule has 1 aromatic rings. The molecule has 1 N–H and O–H groups in total. The maximum Gasteiger partial charge on any atom is 0.0562 e. The van der Waals surface area contributed by atoms with Gasteiger partial charge in [0.15, 0.2) is 0 Å².